The number of aliphatic imine (C=N–C) groups is 1. The lowest BCUT2D eigenvalue weighted by atomic mass is 10.2. The van der Waals surface area contributed by atoms with Crippen LogP contribution in [-0.2, 0) is 0 Å². The quantitative estimate of drug-likeness (QED) is 0.513. The molecule has 0 saturated heterocycles. The smallest absolute Gasteiger partial charge is 0.191 e. The Hall–Kier alpha value is -0.730. The summed E-state index contributed by atoms with van der Waals surface area (Å²) >= 11 is 0. The molecule has 0 fully saturated rings. The molecule has 0 aromatic rings. The molecule has 12 heavy (non-hydrogen) atoms. The minimum atomic E-state index is 0.277. The van der Waals surface area contributed by atoms with Gasteiger partial charge >= 0.3 is 0 Å². The fourth-order valence-corrected chi connectivity index (χ4v) is 1.00. The summed E-state index contributed by atoms with van der Waals surface area (Å²) in [6, 6.07) is 0.277. The van der Waals surface area contributed by atoms with E-state index in [-0.39, 0.29) is 6.04 Å². The van der Waals surface area contributed by atoms with Crippen LogP contribution in [-0.4, -0.2) is 30.5 Å². The van der Waals surface area contributed by atoms with E-state index in [1.165, 1.54) is 0 Å². The van der Waals surface area contributed by atoms with Crippen molar-refractivity contribution in [3.8, 4) is 0 Å². The molecule has 0 aromatic heterocycles. The minimum Gasteiger partial charge on any atom is -0.370 e. The second kappa shape index (κ2) is 5.01. The second-order valence-corrected chi connectivity index (χ2v) is 3.86. The zero-order chi connectivity index (χ0) is 9.72. The molecule has 0 unspecified atom stereocenters. The predicted octanol–water partition coefficient (Wildman–Crippen LogP) is 1.30. The lowest BCUT2D eigenvalue weighted by Crippen LogP contribution is -2.37. The maximum absolute atomic E-state index is 5.74. The average molecular weight is 171 g/mol. The Morgan fingerprint density at radius 1 is 1.33 bits per heavy atom. The SMILES string of the molecule is CC(C)CN(C)C(N)=NC(C)C. The highest BCUT2D eigenvalue weighted by Gasteiger charge is 2.04. The molecule has 0 saturated carbocycles. The van der Waals surface area contributed by atoms with Gasteiger partial charge in [0.2, 0.25) is 0 Å². The third-order valence-electron chi connectivity index (χ3n) is 1.42. The third kappa shape index (κ3) is 4.99. The van der Waals surface area contributed by atoms with Gasteiger partial charge in [-0.2, -0.15) is 0 Å². The molecule has 0 bridgehead atoms. The third-order valence-corrected chi connectivity index (χ3v) is 1.42. The number of nitrogens with two attached hydrogens (primary N) is 1. The van der Waals surface area contributed by atoms with Gasteiger partial charge in [0.15, 0.2) is 5.96 Å². The Morgan fingerprint density at radius 2 is 1.83 bits per heavy atom. The Labute approximate surface area is 75.7 Å². The van der Waals surface area contributed by atoms with Crippen molar-refractivity contribution in [2.75, 3.05) is 13.6 Å². The maximum Gasteiger partial charge on any atom is 0.191 e. The molecule has 0 aromatic carbocycles. The van der Waals surface area contributed by atoms with E-state index in [0.29, 0.717) is 11.9 Å². The first-order chi connectivity index (χ1) is 5.43. The molecule has 0 heterocycles. The van der Waals surface area contributed by atoms with Crippen molar-refractivity contribution in [3.63, 3.8) is 0 Å². The fraction of sp³-hybridized carbons (Fsp3) is 0.889. The molecule has 0 aliphatic rings. The first-order valence-corrected chi connectivity index (χ1v) is 4.48. The number of hydrogen-bond acceptors (Lipinski definition) is 1. The zero-order valence-electron chi connectivity index (χ0n) is 8.83. The van der Waals surface area contributed by atoms with Crippen LogP contribution in [0.4, 0.5) is 0 Å². The molecular weight excluding hydrogens is 150 g/mol. The summed E-state index contributed by atoms with van der Waals surface area (Å²) in [4.78, 5) is 6.24. The van der Waals surface area contributed by atoms with Crippen LogP contribution in [0.15, 0.2) is 4.99 Å². The van der Waals surface area contributed by atoms with Gasteiger partial charge in [0, 0.05) is 19.6 Å². The molecule has 0 aliphatic heterocycles. The van der Waals surface area contributed by atoms with Gasteiger partial charge < -0.3 is 10.6 Å². The van der Waals surface area contributed by atoms with Crippen LogP contribution in [0.3, 0.4) is 0 Å². The summed E-state index contributed by atoms with van der Waals surface area (Å²) in [5.74, 6) is 1.26. The highest BCUT2D eigenvalue weighted by molar-refractivity contribution is 5.77. The van der Waals surface area contributed by atoms with Gasteiger partial charge in [0.1, 0.15) is 0 Å². The number of nitrogens with zero attached hydrogens (tertiary/aromatic N) is 2. The zero-order valence-corrected chi connectivity index (χ0v) is 8.83. The van der Waals surface area contributed by atoms with E-state index in [1.807, 2.05) is 25.8 Å². The number of rotatable bonds is 3. The van der Waals surface area contributed by atoms with Gasteiger partial charge in [-0.3, -0.25) is 4.99 Å². The van der Waals surface area contributed by atoms with Crippen molar-refractivity contribution in [3.05, 3.63) is 0 Å². The molecule has 0 rings (SSSR count). The monoisotopic (exact) mass is 171 g/mol. The van der Waals surface area contributed by atoms with Gasteiger partial charge in [0.05, 0.1) is 0 Å². The van der Waals surface area contributed by atoms with Crippen molar-refractivity contribution in [2.45, 2.75) is 33.7 Å². The van der Waals surface area contributed by atoms with Crippen molar-refractivity contribution in [1.29, 1.82) is 0 Å². The molecule has 3 nitrogen and oxygen atoms in total. The Balaban J connectivity index is 4.00. The van der Waals surface area contributed by atoms with Gasteiger partial charge in [-0.1, -0.05) is 13.8 Å². The fourth-order valence-electron chi connectivity index (χ4n) is 1.00. The molecule has 0 atom stereocenters. The topological polar surface area (TPSA) is 41.6 Å². The molecule has 3 heteroatoms. The largest absolute Gasteiger partial charge is 0.370 e. The standard InChI is InChI=1S/C9H21N3/c1-7(2)6-12(5)9(10)11-8(3)4/h7-8H,6H2,1-5H3,(H2,10,11). The first kappa shape index (κ1) is 11.3. The van der Waals surface area contributed by atoms with E-state index in [1.54, 1.807) is 0 Å². The summed E-state index contributed by atoms with van der Waals surface area (Å²) < 4.78 is 0. The van der Waals surface area contributed by atoms with E-state index >= 15 is 0 Å². The van der Waals surface area contributed by atoms with E-state index in [9.17, 15) is 0 Å². The van der Waals surface area contributed by atoms with Crippen LogP contribution in [0.5, 0.6) is 0 Å². The summed E-state index contributed by atoms with van der Waals surface area (Å²) in [6.45, 7) is 9.34. The van der Waals surface area contributed by atoms with E-state index in [2.05, 4.69) is 18.8 Å². The van der Waals surface area contributed by atoms with Crippen molar-refractivity contribution < 1.29 is 0 Å². The van der Waals surface area contributed by atoms with Crippen LogP contribution in [0.25, 0.3) is 0 Å². The van der Waals surface area contributed by atoms with E-state index in [4.69, 9.17) is 5.73 Å². The van der Waals surface area contributed by atoms with E-state index in [0.717, 1.165) is 6.54 Å². The normalized spacial score (nSPS) is 12.8. The van der Waals surface area contributed by atoms with Gasteiger partial charge in [-0.25, -0.2) is 0 Å². The summed E-state index contributed by atoms with van der Waals surface area (Å²) in [6.07, 6.45) is 0. The molecule has 72 valence electrons. The lowest BCUT2D eigenvalue weighted by Gasteiger charge is -2.20. The average Bonchev–Trinajstić information content (AvgIpc) is 1.84. The van der Waals surface area contributed by atoms with E-state index < -0.39 is 0 Å². The predicted molar refractivity (Wildman–Crippen MR) is 54.2 cm³/mol. The molecule has 0 amide bonds. The minimum absolute atomic E-state index is 0.277. The Morgan fingerprint density at radius 3 is 2.17 bits per heavy atom. The summed E-state index contributed by atoms with van der Waals surface area (Å²) in [5, 5.41) is 0. The molecule has 2 N–H and O–H groups in total. The number of guanidine groups is 1. The van der Waals surface area contributed by atoms with Crippen LogP contribution in [0.1, 0.15) is 27.7 Å². The summed E-state index contributed by atoms with van der Waals surface area (Å²) in [5.41, 5.74) is 5.74. The highest BCUT2D eigenvalue weighted by atomic mass is 15.2. The van der Waals surface area contributed by atoms with Crippen molar-refractivity contribution in [1.82, 2.24) is 4.90 Å². The maximum atomic E-state index is 5.74. The van der Waals surface area contributed by atoms with Crippen LogP contribution >= 0.6 is 0 Å². The van der Waals surface area contributed by atoms with Gasteiger partial charge in [-0.15, -0.1) is 0 Å². The molecule has 0 radical (unpaired) electrons. The second-order valence-electron chi connectivity index (χ2n) is 3.86. The van der Waals surface area contributed by atoms with Crippen LogP contribution in [0.2, 0.25) is 0 Å². The lowest BCUT2D eigenvalue weighted by molar-refractivity contribution is 0.418. The Bertz CT molecular complexity index is 150. The van der Waals surface area contributed by atoms with Crippen molar-refractivity contribution in [2.24, 2.45) is 16.6 Å². The van der Waals surface area contributed by atoms with Crippen molar-refractivity contribution >= 4 is 5.96 Å². The highest BCUT2D eigenvalue weighted by Crippen LogP contribution is 1.96. The van der Waals surface area contributed by atoms with Crippen LogP contribution in [0, 0.1) is 5.92 Å². The van der Waals surface area contributed by atoms with Crippen LogP contribution < -0.4 is 5.73 Å². The molecular formula is C9H21N3. The molecule has 0 aliphatic carbocycles. The first-order valence-electron chi connectivity index (χ1n) is 4.48. The Kier molecular flexibility index (Phi) is 4.71. The van der Waals surface area contributed by atoms with Gasteiger partial charge in [-0.05, 0) is 19.8 Å². The molecule has 0 spiro atoms. The number of hydrogen-bond donors (Lipinski definition) is 1. The summed E-state index contributed by atoms with van der Waals surface area (Å²) in [7, 11) is 1.97. The van der Waals surface area contributed by atoms with Gasteiger partial charge in [0.25, 0.3) is 0 Å².